The predicted octanol–water partition coefficient (Wildman–Crippen LogP) is 1.94. The summed E-state index contributed by atoms with van der Waals surface area (Å²) in [7, 11) is 0. The molecular formula is C17H26Cl2N4O3. The van der Waals surface area contributed by atoms with Crippen molar-refractivity contribution < 1.29 is 14.4 Å². The number of rotatable bonds is 7. The van der Waals surface area contributed by atoms with E-state index in [-0.39, 0.29) is 48.1 Å². The van der Waals surface area contributed by atoms with E-state index in [1.807, 2.05) is 27.7 Å². The average Bonchev–Trinajstić information content (AvgIpc) is 2.51. The van der Waals surface area contributed by atoms with Gasteiger partial charge in [0.1, 0.15) is 0 Å². The van der Waals surface area contributed by atoms with Crippen LogP contribution in [0, 0.1) is 5.92 Å². The number of carbonyl (C=O) groups excluding carboxylic acids is 3. The zero-order valence-corrected chi connectivity index (χ0v) is 16.8. The van der Waals surface area contributed by atoms with E-state index in [9.17, 15) is 14.4 Å². The normalized spacial score (nSPS) is 11.5. The van der Waals surface area contributed by atoms with Gasteiger partial charge in [0.2, 0.25) is 11.8 Å². The molecule has 0 spiro atoms. The second-order valence-corrected chi connectivity index (χ2v) is 6.79. The van der Waals surface area contributed by atoms with Crippen LogP contribution in [0.1, 0.15) is 38.1 Å². The highest BCUT2D eigenvalue weighted by Gasteiger charge is 2.19. The molecule has 5 N–H and O–H groups in total. The van der Waals surface area contributed by atoms with Crippen molar-refractivity contribution in [3.8, 4) is 0 Å². The number of nitrogens with two attached hydrogens (primary N) is 1. The highest BCUT2D eigenvalue weighted by Crippen LogP contribution is 2.21. The summed E-state index contributed by atoms with van der Waals surface area (Å²) in [6.45, 7) is 7.04. The van der Waals surface area contributed by atoms with E-state index in [0.29, 0.717) is 5.02 Å². The van der Waals surface area contributed by atoms with E-state index < -0.39 is 17.9 Å². The summed E-state index contributed by atoms with van der Waals surface area (Å²) in [5, 5.41) is 8.19. The monoisotopic (exact) mass is 404 g/mol. The molecule has 1 aromatic carbocycles. The quantitative estimate of drug-likeness (QED) is 0.555. The predicted molar refractivity (Wildman–Crippen MR) is 106 cm³/mol. The third kappa shape index (κ3) is 7.59. The lowest BCUT2D eigenvalue weighted by molar-refractivity contribution is -0.125. The summed E-state index contributed by atoms with van der Waals surface area (Å²) in [4.78, 5) is 36.1. The zero-order chi connectivity index (χ0) is 19.1. The van der Waals surface area contributed by atoms with Crippen LogP contribution in [-0.4, -0.2) is 36.3 Å². The molecule has 1 rings (SSSR count). The number of anilines is 1. The van der Waals surface area contributed by atoms with E-state index >= 15 is 0 Å². The van der Waals surface area contributed by atoms with Crippen LogP contribution in [0.4, 0.5) is 5.69 Å². The summed E-state index contributed by atoms with van der Waals surface area (Å²) in [6, 6.07) is 3.84. The van der Waals surface area contributed by atoms with Gasteiger partial charge in [-0.2, -0.15) is 0 Å². The summed E-state index contributed by atoms with van der Waals surface area (Å²) in [6.07, 6.45) is 0. The third-order valence-corrected chi connectivity index (χ3v) is 3.60. The van der Waals surface area contributed by atoms with Crippen LogP contribution >= 0.6 is 24.0 Å². The van der Waals surface area contributed by atoms with Crippen molar-refractivity contribution in [2.45, 2.75) is 39.8 Å². The van der Waals surface area contributed by atoms with Crippen LogP contribution in [0.2, 0.25) is 5.02 Å². The van der Waals surface area contributed by atoms with E-state index in [2.05, 4.69) is 16.0 Å². The van der Waals surface area contributed by atoms with Crippen molar-refractivity contribution in [2.24, 2.45) is 11.7 Å². The molecule has 3 amide bonds. The van der Waals surface area contributed by atoms with Gasteiger partial charge in [-0.25, -0.2) is 0 Å². The fraction of sp³-hybridized carbons (Fsp3) is 0.471. The molecule has 0 fully saturated rings. The van der Waals surface area contributed by atoms with E-state index in [1.54, 1.807) is 6.07 Å². The Morgan fingerprint density at radius 3 is 2.31 bits per heavy atom. The third-order valence-electron chi connectivity index (χ3n) is 3.36. The number of halogens is 2. The Morgan fingerprint density at radius 2 is 1.77 bits per heavy atom. The highest BCUT2D eigenvalue weighted by atomic mass is 35.5. The van der Waals surface area contributed by atoms with Crippen LogP contribution in [0.15, 0.2) is 18.2 Å². The SMILES string of the molecule is CC(C)NC(=O)c1ccc(Cl)cc1NC(=O)CNC(=O)[C@@H](N)C(C)C.Cl. The molecule has 0 bridgehead atoms. The summed E-state index contributed by atoms with van der Waals surface area (Å²) in [5.74, 6) is -1.26. The van der Waals surface area contributed by atoms with Crippen molar-refractivity contribution in [2.75, 3.05) is 11.9 Å². The maximum Gasteiger partial charge on any atom is 0.253 e. The van der Waals surface area contributed by atoms with Crippen LogP contribution in [-0.2, 0) is 9.59 Å². The van der Waals surface area contributed by atoms with E-state index in [4.69, 9.17) is 17.3 Å². The van der Waals surface area contributed by atoms with Gasteiger partial charge in [-0.15, -0.1) is 12.4 Å². The number of nitrogens with one attached hydrogen (secondary N) is 3. The van der Waals surface area contributed by atoms with Gasteiger partial charge in [0.15, 0.2) is 0 Å². The number of carbonyl (C=O) groups is 3. The molecule has 0 heterocycles. The molecular weight excluding hydrogens is 379 g/mol. The largest absolute Gasteiger partial charge is 0.350 e. The van der Waals surface area contributed by atoms with E-state index in [1.165, 1.54) is 12.1 Å². The van der Waals surface area contributed by atoms with Crippen LogP contribution < -0.4 is 21.7 Å². The molecule has 9 heteroatoms. The van der Waals surface area contributed by atoms with Gasteiger partial charge in [0, 0.05) is 11.1 Å². The Balaban J connectivity index is 0.00000625. The van der Waals surface area contributed by atoms with Crippen molar-refractivity contribution in [3.05, 3.63) is 28.8 Å². The number of hydrogen-bond acceptors (Lipinski definition) is 4. The number of benzene rings is 1. The molecule has 0 aromatic heterocycles. The Kier molecular flexibility index (Phi) is 10.2. The molecule has 0 aliphatic rings. The first-order valence-corrected chi connectivity index (χ1v) is 8.43. The van der Waals surface area contributed by atoms with Crippen molar-refractivity contribution in [1.29, 1.82) is 0 Å². The maximum absolute atomic E-state index is 12.2. The molecule has 1 atom stereocenters. The molecule has 0 aliphatic carbocycles. The Bertz CT molecular complexity index is 651. The van der Waals surface area contributed by atoms with Crippen molar-refractivity contribution in [3.63, 3.8) is 0 Å². The molecule has 0 saturated carbocycles. The summed E-state index contributed by atoms with van der Waals surface area (Å²) in [5.41, 5.74) is 6.28. The van der Waals surface area contributed by atoms with Gasteiger partial charge in [0.25, 0.3) is 5.91 Å². The average molecular weight is 405 g/mol. The summed E-state index contributed by atoms with van der Waals surface area (Å²) < 4.78 is 0. The standard InChI is InChI=1S/C17H25ClN4O3.ClH/c1-9(2)15(19)17(25)20-8-14(23)22-13-7-11(18)5-6-12(13)16(24)21-10(3)4;/h5-7,9-10,15H,8,19H2,1-4H3,(H,20,25)(H,21,24)(H,22,23);1H/t15-;/m0./s1. The molecule has 0 unspecified atom stereocenters. The van der Waals surface area contributed by atoms with Crippen LogP contribution in [0.3, 0.4) is 0 Å². The summed E-state index contributed by atoms with van der Waals surface area (Å²) >= 11 is 5.95. The smallest absolute Gasteiger partial charge is 0.253 e. The van der Waals surface area contributed by atoms with Crippen LogP contribution in [0.25, 0.3) is 0 Å². The minimum absolute atomic E-state index is 0. The molecule has 0 saturated heterocycles. The second-order valence-electron chi connectivity index (χ2n) is 6.35. The first-order valence-electron chi connectivity index (χ1n) is 8.05. The van der Waals surface area contributed by atoms with Gasteiger partial charge in [-0.1, -0.05) is 25.4 Å². The van der Waals surface area contributed by atoms with Gasteiger partial charge < -0.3 is 21.7 Å². The van der Waals surface area contributed by atoms with Gasteiger partial charge in [-0.3, -0.25) is 14.4 Å². The maximum atomic E-state index is 12.2. The number of hydrogen-bond donors (Lipinski definition) is 4. The van der Waals surface area contributed by atoms with Crippen molar-refractivity contribution in [1.82, 2.24) is 10.6 Å². The second kappa shape index (κ2) is 11.0. The minimum Gasteiger partial charge on any atom is -0.350 e. The Labute approximate surface area is 164 Å². The van der Waals surface area contributed by atoms with Gasteiger partial charge >= 0.3 is 0 Å². The lowest BCUT2D eigenvalue weighted by atomic mass is 10.1. The molecule has 146 valence electrons. The fourth-order valence-corrected chi connectivity index (χ4v) is 2.11. The zero-order valence-electron chi connectivity index (χ0n) is 15.3. The van der Waals surface area contributed by atoms with Crippen molar-refractivity contribution >= 4 is 47.4 Å². The highest BCUT2D eigenvalue weighted by molar-refractivity contribution is 6.31. The molecule has 0 aliphatic heterocycles. The van der Waals surface area contributed by atoms with Crippen LogP contribution in [0.5, 0.6) is 0 Å². The minimum atomic E-state index is -0.689. The lowest BCUT2D eigenvalue weighted by Gasteiger charge is -2.16. The number of amides is 3. The van der Waals surface area contributed by atoms with Gasteiger partial charge in [0.05, 0.1) is 23.8 Å². The van der Waals surface area contributed by atoms with E-state index in [0.717, 1.165) is 0 Å². The molecule has 7 nitrogen and oxygen atoms in total. The Morgan fingerprint density at radius 1 is 1.15 bits per heavy atom. The molecule has 26 heavy (non-hydrogen) atoms. The topological polar surface area (TPSA) is 113 Å². The molecule has 1 aromatic rings. The van der Waals surface area contributed by atoms with Gasteiger partial charge in [-0.05, 0) is 38.0 Å². The first kappa shape index (κ1) is 24.2. The molecule has 0 radical (unpaired) electrons. The Hall–Kier alpha value is -1.83. The lowest BCUT2D eigenvalue weighted by Crippen LogP contribution is -2.46. The fourth-order valence-electron chi connectivity index (χ4n) is 1.94. The first-order chi connectivity index (χ1) is 11.6.